The molecule has 0 spiro atoms. The summed E-state index contributed by atoms with van der Waals surface area (Å²) in [7, 11) is -3.44. The number of carbonyl (C=O) groups is 1. The van der Waals surface area contributed by atoms with E-state index < -0.39 is 9.84 Å². The van der Waals surface area contributed by atoms with Crippen molar-refractivity contribution in [2.75, 3.05) is 18.9 Å². The lowest BCUT2D eigenvalue weighted by Gasteiger charge is -2.09. The first-order valence-corrected chi connectivity index (χ1v) is 11.4. The Labute approximate surface area is 167 Å². The van der Waals surface area contributed by atoms with E-state index in [2.05, 4.69) is 5.32 Å². The number of fused-ring (bicyclic) bond motifs is 1. The summed E-state index contributed by atoms with van der Waals surface area (Å²) < 4.78 is 30.6. The van der Waals surface area contributed by atoms with Crippen LogP contribution in [0.2, 0.25) is 0 Å². The molecular weight excluding hydrogens is 374 g/mol. The van der Waals surface area contributed by atoms with Crippen molar-refractivity contribution in [3.05, 3.63) is 59.2 Å². The first-order valence-electron chi connectivity index (χ1n) is 9.75. The molecule has 2 aromatic carbocycles. The van der Waals surface area contributed by atoms with Crippen LogP contribution in [0.15, 0.2) is 47.4 Å². The number of rotatable bonds is 9. The van der Waals surface area contributed by atoms with E-state index in [0.717, 1.165) is 36.1 Å². The lowest BCUT2D eigenvalue weighted by Crippen LogP contribution is -2.27. The molecule has 1 N–H and O–H groups in total. The molecule has 2 aromatic rings. The standard InChI is InChI=1S/C22H27NO4S/c1-17-5-2-8-20(15-17)27-13-4-12-23-22(24)11-14-28(25,26)21-10-9-18-6-3-7-19(18)16-21/h2,5,8-10,15-16H,3-4,6-7,11-14H2,1H3,(H,23,24). The predicted octanol–water partition coefficient (Wildman–Crippen LogP) is 3.23. The summed E-state index contributed by atoms with van der Waals surface area (Å²) in [6.07, 6.45) is 3.67. The van der Waals surface area contributed by atoms with E-state index in [4.69, 9.17) is 4.74 Å². The molecule has 0 unspecified atom stereocenters. The molecule has 5 nitrogen and oxygen atoms in total. The molecule has 0 heterocycles. The molecule has 1 amide bonds. The Balaban J connectivity index is 1.38. The zero-order valence-electron chi connectivity index (χ0n) is 16.2. The molecule has 0 saturated heterocycles. The summed E-state index contributed by atoms with van der Waals surface area (Å²) in [6.45, 7) is 2.96. The molecule has 0 radical (unpaired) electrons. The van der Waals surface area contributed by atoms with Crippen molar-refractivity contribution < 1.29 is 17.9 Å². The van der Waals surface area contributed by atoms with Crippen LogP contribution in [0.25, 0.3) is 0 Å². The van der Waals surface area contributed by atoms with E-state index in [1.54, 1.807) is 12.1 Å². The van der Waals surface area contributed by atoms with E-state index in [1.807, 2.05) is 37.3 Å². The highest BCUT2D eigenvalue weighted by atomic mass is 32.2. The second-order valence-corrected chi connectivity index (χ2v) is 9.33. The Kier molecular flexibility index (Phi) is 6.73. The average molecular weight is 402 g/mol. The third-order valence-corrected chi connectivity index (χ3v) is 6.64. The van der Waals surface area contributed by atoms with Crippen molar-refractivity contribution >= 4 is 15.7 Å². The Hall–Kier alpha value is -2.34. The maximum Gasteiger partial charge on any atom is 0.221 e. The van der Waals surface area contributed by atoms with Crippen LogP contribution >= 0.6 is 0 Å². The molecule has 3 rings (SSSR count). The number of benzene rings is 2. The van der Waals surface area contributed by atoms with Crippen molar-refractivity contribution in [2.45, 2.75) is 43.9 Å². The normalized spacial score (nSPS) is 13.2. The van der Waals surface area contributed by atoms with Crippen LogP contribution in [0.1, 0.15) is 36.0 Å². The highest BCUT2D eigenvalue weighted by Crippen LogP contribution is 2.25. The second-order valence-electron chi connectivity index (χ2n) is 7.22. The summed E-state index contributed by atoms with van der Waals surface area (Å²) in [4.78, 5) is 12.3. The number of hydrogen-bond donors (Lipinski definition) is 1. The van der Waals surface area contributed by atoms with E-state index >= 15 is 0 Å². The van der Waals surface area contributed by atoms with Gasteiger partial charge in [0.15, 0.2) is 9.84 Å². The second kappa shape index (κ2) is 9.24. The van der Waals surface area contributed by atoms with Gasteiger partial charge in [-0.2, -0.15) is 0 Å². The number of aryl methyl sites for hydroxylation is 3. The molecule has 0 aliphatic heterocycles. The largest absolute Gasteiger partial charge is 0.494 e. The first-order chi connectivity index (χ1) is 13.4. The van der Waals surface area contributed by atoms with Gasteiger partial charge in [0.25, 0.3) is 0 Å². The van der Waals surface area contributed by atoms with E-state index in [9.17, 15) is 13.2 Å². The molecule has 28 heavy (non-hydrogen) atoms. The van der Waals surface area contributed by atoms with E-state index in [0.29, 0.717) is 24.5 Å². The Morgan fingerprint density at radius 2 is 1.93 bits per heavy atom. The van der Waals surface area contributed by atoms with E-state index in [-0.39, 0.29) is 18.1 Å². The van der Waals surface area contributed by atoms with Crippen LogP contribution in [-0.2, 0) is 27.5 Å². The number of amides is 1. The maximum atomic E-state index is 12.5. The van der Waals surface area contributed by atoms with E-state index in [1.165, 1.54) is 5.56 Å². The highest BCUT2D eigenvalue weighted by molar-refractivity contribution is 7.91. The average Bonchev–Trinajstić information content (AvgIpc) is 3.14. The number of nitrogens with one attached hydrogen (secondary N) is 1. The minimum atomic E-state index is -3.44. The molecule has 1 aliphatic rings. The smallest absolute Gasteiger partial charge is 0.221 e. The Bertz CT molecular complexity index is 937. The monoisotopic (exact) mass is 401 g/mol. The van der Waals surface area contributed by atoms with Gasteiger partial charge < -0.3 is 10.1 Å². The quantitative estimate of drug-likeness (QED) is 0.655. The third kappa shape index (κ3) is 5.58. The van der Waals surface area contributed by atoms with Gasteiger partial charge in [0.05, 0.1) is 17.3 Å². The minimum absolute atomic E-state index is 0.0296. The van der Waals surface area contributed by atoms with Gasteiger partial charge in [-0.15, -0.1) is 0 Å². The number of ether oxygens (including phenoxy) is 1. The van der Waals surface area contributed by atoms with Gasteiger partial charge in [0.2, 0.25) is 5.91 Å². The molecule has 0 saturated carbocycles. The summed E-state index contributed by atoms with van der Waals surface area (Å²) in [5.74, 6) is 0.393. The van der Waals surface area contributed by atoms with Crippen molar-refractivity contribution in [1.82, 2.24) is 5.32 Å². The zero-order valence-corrected chi connectivity index (χ0v) is 17.1. The van der Waals surface area contributed by atoms with Gasteiger partial charge in [-0.25, -0.2) is 8.42 Å². The molecule has 1 aliphatic carbocycles. The van der Waals surface area contributed by atoms with Crippen LogP contribution in [0.3, 0.4) is 0 Å². The van der Waals surface area contributed by atoms with Crippen LogP contribution in [0, 0.1) is 6.92 Å². The summed E-state index contributed by atoms with van der Waals surface area (Å²) in [5.41, 5.74) is 3.50. The molecule has 6 heteroatoms. The predicted molar refractivity (Wildman–Crippen MR) is 109 cm³/mol. The first kappa shape index (κ1) is 20.4. The van der Waals surface area contributed by atoms with Crippen LogP contribution < -0.4 is 10.1 Å². The maximum absolute atomic E-state index is 12.5. The third-order valence-electron chi connectivity index (χ3n) is 4.93. The fourth-order valence-corrected chi connectivity index (χ4v) is 4.66. The molecular formula is C22H27NO4S. The van der Waals surface area contributed by atoms with Crippen LogP contribution in [0.5, 0.6) is 5.75 Å². The summed E-state index contributed by atoms with van der Waals surface area (Å²) >= 11 is 0. The fourth-order valence-electron chi connectivity index (χ4n) is 3.37. The molecule has 150 valence electrons. The molecule has 0 atom stereocenters. The van der Waals surface area contributed by atoms with Gasteiger partial charge >= 0.3 is 0 Å². The summed E-state index contributed by atoms with van der Waals surface area (Å²) in [5, 5.41) is 2.76. The topological polar surface area (TPSA) is 72.5 Å². The minimum Gasteiger partial charge on any atom is -0.494 e. The SMILES string of the molecule is Cc1cccc(OCCCNC(=O)CCS(=O)(=O)c2ccc3c(c2)CCC3)c1. The lowest BCUT2D eigenvalue weighted by atomic mass is 10.1. The summed E-state index contributed by atoms with van der Waals surface area (Å²) in [6, 6.07) is 13.2. The van der Waals surface area contributed by atoms with Gasteiger partial charge in [-0.3, -0.25) is 4.79 Å². The molecule has 0 bridgehead atoms. The van der Waals surface area contributed by atoms with Crippen LogP contribution in [0.4, 0.5) is 0 Å². The van der Waals surface area contributed by atoms with Gasteiger partial charge in [-0.05, 0) is 73.6 Å². The number of hydrogen-bond acceptors (Lipinski definition) is 4. The lowest BCUT2D eigenvalue weighted by molar-refractivity contribution is -0.120. The fraction of sp³-hybridized carbons (Fsp3) is 0.409. The number of sulfone groups is 1. The van der Waals surface area contributed by atoms with Crippen molar-refractivity contribution in [2.24, 2.45) is 0 Å². The van der Waals surface area contributed by atoms with Gasteiger partial charge in [0.1, 0.15) is 5.75 Å². The molecule has 0 fully saturated rings. The van der Waals surface area contributed by atoms with Crippen molar-refractivity contribution in [3.8, 4) is 5.75 Å². The van der Waals surface area contributed by atoms with Crippen molar-refractivity contribution in [3.63, 3.8) is 0 Å². The Morgan fingerprint density at radius 3 is 2.75 bits per heavy atom. The number of carbonyl (C=O) groups excluding carboxylic acids is 1. The van der Waals surface area contributed by atoms with Crippen molar-refractivity contribution in [1.29, 1.82) is 0 Å². The van der Waals surface area contributed by atoms with Gasteiger partial charge in [0, 0.05) is 13.0 Å². The Morgan fingerprint density at radius 1 is 1.11 bits per heavy atom. The highest BCUT2D eigenvalue weighted by Gasteiger charge is 2.19. The van der Waals surface area contributed by atoms with Crippen LogP contribution in [-0.4, -0.2) is 33.2 Å². The zero-order chi connectivity index (χ0) is 20.0. The molecule has 0 aromatic heterocycles. The van der Waals surface area contributed by atoms with Gasteiger partial charge in [-0.1, -0.05) is 18.2 Å².